The maximum absolute atomic E-state index is 13.0. The third-order valence-corrected chi connectivity index (χ3v) is 9.08. The molecule has 6 N–H and O–H groups in total. The van der Waals surface area contributed by atoms with E-state index in [-0.39, 0.29) is 36.6 Å². The number of hydrogen-bond donors (Lipinski definition) is 5. The molecule has 15 nitrogen and oxygen atoms in total. The van der Waals surface area contributed by atoms with Crippen LogP contribution in [0.15, 0.2) is 48.5 Å². The van der Waals surface area contributed by atoms with Crippen LogP contribution in [0.4, 0.5) is 17.6 Å². The van der Waals surface area contributed by atoms with E-state index in [1.807, 2.05) is 24.3 Å². The minimum atomic E-state index is -0.667. The lowest BCUT2D eigenvalue weighted by atomic mass is 10.0. The molecule has 1 saturated heterocycles. The fraction of sp³-hybridized carbons (Fsp3) is 0.353. The second-order valence-electron chi connectivity index (χ2n) is 12.3. The van der Waals surface area contributed by atoms with Crippen molar-refractivity contribution in [1.82, 2.24) is 40.5 Å². The fourth-order valence-electron chi connectivity index (χ4n) is 6.63. The van der Waals surface area contributed by atoms with Gasteiger partial charge in [0.05, 0.1) is 5.69 Å². The predicted molar refractivity (Wildman–Crippen MR) is 181 cm³/mol. The Labute approximate surface area is 282 Å². The number of nitrogen functional groups attached to an aromatic ring is 1. The number of hydrogen-bond acceptors (Lipinski definition) is 11. The fourth-order valence-corrected chi connectivity index (χ4v) is 6.63. The number of piperidine rings is 1. The Balaban J connectivity index is 0.855. The number of carbonyl (C=O) groups is 4. The van der Waals surface area contributed by atoms with Gasteiger partial charge in [0.15, 0.2) is 5.82 Å². The van der Waals surface area contributed by atoms with Gasteiger partial charge in [-0.1, -0.05) is 30.3 Å². The molecule has 1 unspecified atom stereocenters. The zero-order valence-corrected chi connectivity index (χ0v) is 26.9. The van der Waals surface area contributed by atoms with E-state index >= 15 is 0 Å². The summed E-state index contributed by atoms with van der Waals surface area (Å²) in [6.45, 7) is 1.57. The van der Waals surface area contributed by atoms with Crippen molar-refractivity contribution >= 4 is 41.2 Å². The Morgan fingerprint density at radius 3 is 2.65 bits per heavy atom. The maximum atomic E-state index is 13.0. The number of benzene rings is 2. The summed E-state index contributed by atoms with van der Waals surface area (Å²) in [7, 11) is 0. The molecule has 4 heterocycles. The summed E-state index contributed by atoms with van der Waals surface area (Å²) in [6.07, 6.45) is 4.28. The molecule has 0 radical (unpaired) electrons. The Bertz CT molecular complexity index is 1940. The van der Waals surface area contributed by atoms with Gasteiger partial charge in [0, 0.05) is 61.4 Å². The van der Waals surface area contributed by atoms with Crippen LogP contribution in [0.2, 0.25) is 0 Å². The summed E-state index contributed by atoms with van der Waals surface area (Å²) in [4.78, 5) is 55.3. The molecule has 3 aliphatic rings. The minimum Gasteiger partial charge on any atom is -0.385 e. The van der Waals surface area contributed by atoms with Crippen LogP contribution in [-0.2, 0) is 33.8 Å². The molecule has 2 aromatic carbocycles. The average molecular weight is 664 g/mol. The molecule has 0 saturated carbocycles. The number of aromatic nitrogens is 5. The summed E-state index contributed by atoms with van der Waals surface area (Å²) in [5.41, 5.74) is 12.7. The van der Waals surface area contributed by atoms with Gasteiger partial charge < -0.3 is 26.6 Å². The molecule has 1 atom stereocenters. The van der Waals surface area contributed by atoms with Gasteiger partial charge in [-0.3, -0.25) is 24.5 Å². The first-order valence-corrected chi connectivity index (χ1v) is 16.5. The molecule has 7 rings (SSSR count). The van der Waals surface area contributed by atoms with Crippen molar-refractivity contribution in [3.63, 3.8) is 0 Å². The van der Waals surface area contributed by atoms with E-state index in [1.165, 1.54) is 15.1 Å². The number of anilines is 3. The van der Waals surface area contributed by atoms with Gasteiger partial charge in [-0.2, -0.15) is 9.67 Å². The van der Waals surface area contributed by atoms with Crippen LogP contribution in [-0.4, -0.2) is 79.2 Å². The highest BCUT2D eigenvalue weighted by Crippen LogP contribution is 2.33. The highest BCUT2D eigenvalue weighted by molar-refractivity contribution is 6.06. The Hall–Kier alpha value is -5.86. The first-order chi connectivity index (χ1) is 23.9. The molecule has 0 spiro atoms. The second-order valence-corrected chi connectivity index (χ2v) is 12.3. The SMILES string of the molecule is Nc1nc(NCCNC(=O)CCCNc2cccc3c2CN(C2CCC(=O)NC2=O)C3=O)nn1-c1cc2c(nn1)-c1ccccc1CCC2. The van der Waals surface area contributed by atoms with Crippen molar-refractivity contribution in [3.05, 3.63) is 70.8 Å². The van der Waals surface area contributed by atoms with Gasteiger partial charge in [-0.25, -0.2) is 0 Å². The van der Waals surface area contributed by atoms with Crippen molar-refractivity contribution in [2.75, 3.05) is 36.0 Å². The van der Waals surface area contributed by atoms with E-state index in [2.05, 4.69) is 53.7 Å². The zero-order valence-electron chi connectivity index (χ0n) is 26.9. The van der Waals surface area contributed by atoms with Crippen molar-refractivity contribution < 1.29 is 19.2 Å². The highest BCUT2D eigenvalue weighted by atomic mass is 16.2. The Morgan fingerprint density at radius 1 is 0.939 bits per heavy atom. The highest BCUT2D eigenvalue weighted by Gasteiger charge is 2.39. The van der Waals surface area contributed by atoms with Crippen molar-refractivity contribution in [2.45, 2.75) is 57.5 Å². The van der Waals surface area contributed by atoms with Crippen molar-refractivity contribution in [2.24, 2.45) is 0 Å². The molecule has 2 aliphatic heterocycles. The first kappa shape index (κ1) is 31.7. The monoisotopic (exact) mass is 663 g/mol. The number of aryl methyl sites for hydroxylation is 2. The number of nitrogens with two attached hydrogens (primary N) is 1. The zero-order chi connectivity index (χ0) is 33.9. The lowest BCUT2D eigenvalue weighted by Crippen LogP contribution is -2.52. The van der Waals surface area contributed by atoms with E-state index in [4.69, 9.17) is 5.73 Å². The maximum Gasteiger partial charge on any atom is 0.255 e. The summed E-state index contributed by atoms with van der Waals surface area (Å²) in [5, 5.41) is 25.0. The van der Waals surface area contributed by atoms with Gasteiger partial charge >= 0.3 is 0 Å². The van der Waals surface area contributed by atoms with Crippen LogP contribution in [0.5, 0.6) is 0 Å². The second kappa shape index (κ2) is 13.7. The van der Waals surface area contributed by atoms with E-state index in [0.717, 1.165) is 47.3 Å². The molecule has 2 aromatic heterocycles. The molecule has 49 heavy (non-hydrogen) atoms. The molecular weight excluding hydrogens is 626 g/mol. The van der Waals surface area contributed by atoms with Crippen LogP contribution in [0.3, 0.4) is 0 Å². The van der Waals surface area contributed by atoms with E-state index in [1.54, 1.807) is 12.1 Å². The van der Waals surface area contributed by atoms with Gasteiger partial charge in [-0.15, -0.1) is 15.3 Å². The Morgan fingerprint density at radius 2 is 1.78 bits per heavy atom. The quantitative estimate of drug-likeness (QED) is 0.116. The van der Waals surface area contributed by atoms with E-state index < -0.39 is 11.9 Å². The number of fused-ring (bicyclic) bond motifs is 4. The van der Waals surface area contributed by atoms with Gasteiger partial charge in [0.25, 0.3) is 5.91 Å². The van der Waals surface area contributed by atoms with Crippen molar-refractivity contribution in [3.8, 4) is 17.1 Å². The number of imide groups is 1. The topological polar surface area (TPSA) is 202 Å². The van der Waals surface area contributed by atoms with Crippen LogP contribution in [0.1, 0.15) is 59.2 Å². The molecule has 15 heteroatoms. The summed E-state index contributed by atoms with van der Waals surface area (Å²) < 4.78 is 1.46. The van der Waals surface area contributed by atoms with Crippen LogP contribution < -0.4 is 27.0 Å². The lowest BCUT2D eigenvalue weighted by Gasteiger charge is -2.29. The third-order valence-electron chi connectivity index (χ3n) is 9.08. The minimum absolute atomic E-state index is 0.0964. The van der Waals surface area contributed by atoms with Crippen LogP contribution >= 0.6 is 0 Å². The van der Waals surface area contributed by atoms with Gasteiger partial charge in [0.1, 0.15) is 6.04 Å². The van der Waals surface area contributed by atoms with Crippen LogP contribution in [0.25, 0.3) is 17.1 Å². The molecule has 4 amide bonds. The standard InChI is InChI=1S/C34H37N11O4/c35-33-40-34(43-45(33)27-18-21-8-3-7-20-6-1-2-9-22(20)30(21)42-41-27)38-17-16-37-28(46)12-5-15-36-25-11-4-10-23-24(25)19-44(32(23)49)26-13-14-29(47)39-31(26)48/h1-2,4,6,9-11,18,26,36H,3,5,7-8,12-17,19H2,(H,37,46)(H,39,47,48)(H3,35,38,40,43). The normalized spacial score (nSPS) is 16.7. The molecular formula is C34H37N11O4. The number of amides is 4. The van der Waals surface area contributed by atoms with Gasteiger partial charge in [-0.05, 0) is 61.4 Å². The van der Waals surface area contributed by atoms with Crippen LogP contribution in [0, 0.1) is 0 Å². The number of nitrogens with one attached hydrogen (secondary N) is 4. The van der Waals surface area contributed by atoms with E-state index in [0.29, 0.717) is 56.2 Å². The molecule has 252 valence electrons. The number of rotatable bonds is 11. The van der Waals surface area contributed by atoms with E-state index in [9.17, 15) is 19.2 Å². The smallest absolute Gasteiger partial charge is 0.255 e. The van der Waals surface area contributed by atoms with Gasteiger partial charge in [0.2, 0.25) is 29.6 Å². The molecule has 0 bridgehead atoms. The van der Waals surface area contributed by atoms with Crippen molar-refractivity contribution in [1.29, 1.82) is 0 Å². The number of carbonyl (C=O) groups excluding carboxylic acids is 4. The summed E-state index contributed by atoms with van der Waals surface area (Å²) >= 11 is 0. The summed E-state index contributed by atoms with van der Waals surface area (Å²) in [6, 6.07) is 15.0. The largest absolute Gasteiger partial charge is 0.385 e. The molecule has 1 fully saturated rings. The number of nitrogens with zero attached hydrogens (tertiary/aromatic N) is 6. The first-order valence-electron chi connectivity index (χ1n) is 16.5. The molecule has 1 aliphatic carbocycles. The summed E-state index contributed by atoms with van der Waals surface area (Å²) in [5.74, 6) is -0.0765. The molecule has 4 aromatic rings. The average Bonchev–Trinajstić information content (AvgIpc) is 3.57. The predicted octanol–water partition coefficient (Wildman–Crippen LogP) is 1.98. The Kier molecular flexibility index (Phi) is 8.87. The third kappa shape index (κ3) is 6.64. The lowest BCUT2D eigenvalue weighted by molar-refractivity contribution is -0.137.